The van der Waals surface area contributed by atoms with Crippen molar-refractivity contribution in [2.75, 3.05) is 5.32 Å². The van der Waals surface area contributed by atoms with Crippen molar-refractivity contribution in [1.29, 1.82) is 0 Å². The molecule has 1 heterocycles. The number of ether oxygens (including phenoxy) is 1. The summed E-state index contributed by atoms with van der Waals surface area (Å²) in [4.78, 5) is 12.3. The van der Waals surface area contributed by atoms with Gasteiger partial charge in [-0.2, -0.15) is 0 Å². The molecule has 134 valence electrons. The average molecular weight is 504 g/mol. The van der Waals surface area contributed by atoms with E-state index in [-0.39, 0.29) is 18.1 Å². The monoisotopic (exact) mass is 501 g/mol. The second kappa shape index (κ2) is 8.24. The third kappa shape index (κ3) is 4.47. The lowest BCUT2D eigenvalue weighted by Gasteiger charge is -2.08. The van der Waals surface area contributed by atoms with Crippen molar-refractivity contribution in [3.63, 3.8) is 0 Å². The summed E-state index contributed by atoms with van der Waals surface area (Å²) in [6.45, 7) is 0.105. The molecular formula is C18H11Br2ClFNO3. The van der Waals surface area contributed by atoms with Gasteiger partial charge in [-0.25, -0.2) is 4.39 Å². The molecule has 4 nitrogen and oxygen atoms in total. The van der Waals surface area contributed by atoms with E-state index in [2.05, 4.69) is 37.2 Å². The number of hydrogen-bond acceptors (Lipinski definition) is 3. The van der Waals surface area contributed by atoms with Gasteiger partial charge < -0.3 is 14.5 Å². The summed E-state index contributed by atoms with van der Waals surface area (Å²) >= 11 is 12.4. The van der Waals surface area contributed by atoms with Crippen LogP contribution in [0.3, 0.4) is 0 Å². The third-order valence-electron chi connectivity index (χ3n) is 3.34. The molecule has 0 unspecified atom stereocenters. The highest BCUT2D eigenvalue weighted by Crippen LogP contribution is 2.30. The molecule has 8 heteroatoms. The standard InChI is InChI=1S/C18H11Br2ClFNO3/c19-10-7-12(20)17(14(22)8-10)23-18(24)16-6-5-11(26-16)9-25-15-4-2-1-3-13(15)21/h1-8H,9H2,(H,23,24). The van der Waals surface area contributed by atoms with Gasteiger partial charge >= 0.3 is 0 Å². The summed E-state index contributed by atoms with van der Waals surface area (Å²) in [5, 5.41) is 2.96. The zero-order chi connectivity index (χ0) is 18.7. The van der Waals surface area contributed by atoms with Crippen LogP contribution in [0.1, 0.15) is 16.3 Å². The maximum atomic E-state index is 14.0. The molecule has 26 heavy (non-hydrogen) atoms. The normalized spacial score (nSPS) is 10.6. The van der Waals surface area contributed by atoms with Crippen LogP contribution in [0.2, 0.25) is 5.02 Å². The maximum Gasteiger partial charge on any atom is 0.291 e. The Kier molecular flexibility index (Phi) is 6.01. The van der Waals surface area contributed by atoms with Crippen molar-refractivity contribution < 1.29 is 18.3 Å². The molecule has 0 atom stereocenters. The molecule has 0 aliphatic carbocycles. The van der Waals surface area contributed by atoms with Crippen LogP contribution in [-0.2, 0) is 6.61 Å². The molecule has 0 fully saturated rings. The van der Waals surface area contributed by atoms with Crippen LogP contribution in [0, 0.1) is 5.82 Å². The van der Waals surface area contributed by atoms with Crippen LogP contribution in [0.4, 0.5) is 10.1 Å². The van der Waals surface area contributed by atoms with Crippen LogP contribution in [0.15, 0.2) is 61.9 Å². The van der Waals surface area contributed by atoms with Crippen molar-refractivity contribution in [3.8, 4) is 5.75 Å². The minimum atomic E-state index is -0.576. The van der Waals surface area contributed by atoms with Gasteiger partial charge in [0.1, 0.15) is 23.9 Å². The van der Waals surface area contributed by atoms with Crippen molar-refractivity contribution in [1.82, 2.24) is 0 Å². The van der Waals surface area contributed by atoms with Gasteiger partial charge in [0.25, 0.3) is 5.91 Å². The quantitative estimate of drug-likeness (QED) is 0.437. The molecule has 3 rings (SSSR count). The fourth-order valence-corrected chi connectivity index (χ4v) is 3.59. The highest BCUT2D eigenvalue weighted by atomic mass is 79.9. The van der Waals surface area contributed by atoms with E-state index in [4.69, 9.17) is 20.8 Å². The number of benzene rings is 2. The number of carbonyl (C=O) groups excluding carboxylic acids is 1. The fourth-order valence-electron chi connectivity index (χ4n) is 2.12. The van der Waals surface area contributed by atoms with Gasteiger partial charge in [-0.15, -0.1) is 0 Å². The molecule has 0 spiro atoms. The van der Waals surface area contributed by atoms with Crippen LogP contribution in [0.25, 0.3) is 0 Å². The summed E-state index contributed by atoms with van der Waals surface area (Å²) in [6.07, 6.45) is 0. The number of nitrogens with one attached hydrogen (secondary N) is 1. The van der Waals surface area contributed by atoms with E-state index in [9.17, 15) is 9.18 Å². The molecule has 0 saturated carbocycles. The van der Waals surface area contributed by atoms with Crippen LogP contribution >= 0.6 is 43.5 Å². The van der Waals surface area contributed by atoms with Crippen LogP contribution < -0.4 is 10.1 Å². The van der Waals surface area contributed by atoms with Gasteiger partial charge in [0.05, 0.1) is 10.7 Å². The van der Waals surface area contributed by atoms with E-state index < -0.39 is 11.7 Å². The van der Waals surface area contributed by atoms with Gasteiger partial charge in [-0.1, -0.05) is 39.7 Å². The lowest BCUT2D eigenvalue weighted by Crippen LogP contribution is -2.12. The molecule has 0 saturated heterocycles. The Bertz CT molecular complexity index is 938. The van der Waals surface area contributed by atoms with E-state index in [0.717, 1.165) is 0 Å². The van der Waals surface area contributed by atoms with Crippen molar-refractivity contribution in [2.24, 2.45) is 0 Å². The number of hydrogen-bond donors (Lipinski definition) is 1. The van der Waals surface area contributed by atoms with Gasteiger partial charge in [-0.05, 0) is 52.3 Å². The molecule has 1 aromatic heterocycles. The lowest BCUT2D eigenvalue weighted by atomic mass is 10.3. The first-order valence-corrected chi connectivity index (χ1v) is 9.32. The van der Waals surface area contributed by atoms with E-state index in [1.807, 2.05) is 0 Å². The maximum absolute atomic E-state index is 14.0. The molecule has 1 N–H and O–H groups in total. The van der Waals surface area contributed by atoms with Gasteiger partial charge in [0.2, 0.25) is 0 Å². The molecular weight excluding hydrogens is 492 g/mol. The Labute approximate surface area is 170 Å². The average Bonchev–Trinajstić information content (AvgIpc) is 3.06. The number of anilines is 1. The third-order valence-corrected chi connectivity index (χ3v) is 4.73. The smallest absolute Gasteiger partial charge is 0.291 e. The Morgan fingerprint density at radius 3 is 2.69 bits per heavy atom. The Morgan fingerprint density at radius 1 is 1.19 bits per heavy atom. The first-order chi connectivity index (χ1) is 12.4. The zero-order valence-corrected chi connectivity index (χ0v) is 17.0. The number of rotatable bonds is 5. The SMILES string of the molecule is O=C(Nc1c(F)cc(Br)cc1Br)c1ccc(COc2ccccc2Cl)o1. The van der Waals surface area contributed by atoms with E-state index in [0.29, 0.717) is 25.5 Å². The molecule has 0 bridgehead atoms. The van der Waals surface area contributed by atoms with Crippen LogP contribution in [-0.4, -0.2) is 5.91 Å². The second-order valence-electron chi connectivity index (χ2n) is 5.18. The first-order valence-electron chi connectivity index (χ1n) is 7.36. The van der Waals surface area contributed by atoms with E-state index in [1.54, 1.807) is 36.4 Å². The molecule has 0 aliphatic heterocycles. The largest absolute Gasteiger partial charge is 0.484 e. The fraction of sp³-hybridized carbons (Fsp3) is 0.0556. The van der Waals surface area contributed by atoms with Crippen molar-refractivity contribution in [3.05, 3.63) is 79.8 Å². The number of furan rings is 1. The van der Waals surface area contributed by atoms with E-state index >= 15 is 0 Å². The first kappa shape index (κ1) is 18.9. The van der Waals surface area contributed by atoms with Gasteiger partial charge in [-0.3, -0.25) is 4.79 Å². The minimum Gasteiger partial charge on any atom is -0.484 e. The Hall–Kier alpha value is -1.83. The molecule has 0 aliphatic rings. The Balaban J connectivity index is 1.68. The zero-order valence-electron chi connectivity index (χ0n) is 13.1. The Morgan fingerprint density at radius 2 is 1.96 bits per heavy atom. The topological polar surface area (TPSA) is 51.5 Å². The van der Waals surface area contributed by atoms with Crippen molar-refractivity contribution in [2.45, 2.75) is 6.61 Å². The summed E-state index contributed by atoms with van der Waals surface area (Å²) in [5.41, 5.74) is 0.0310. The number of amides is 1. The van der Waals surface area contributed by atoms with Crippen LogP contribution in [0.5, 0.6) is 5.75 Å². The summed E-state index contributed by atoms with van der Waals surface area (Å²) in [7, 11) is 0. The predicted octanol–water partition coefficient (Wildman–Crippen LogP) is 6.43. The van der Waals surface area contributed by atoms with E-state index in [1.165, 1.54) is 12.1 Å². The highest BCUT2D eigenvalue weighted by molar-refractivity contribution is 9.11. The number of para-hydroxylation sites is 1. The lowest BCUT2D eigenvalue weighted by molar-refractivity contribution is 0.0992. The second-order valence-corrected chi connectivity index (χ2v) is 7.36. The van der Waals surface area contributed by atoms with Crippen molar-refractivity contribution >= 4 is 55.1 Å². The number of carbonyl (C=O) groups is 1. The summed E-state index contributed by atoms with van der Waals surface area (Å²) in [6, 6.07) is 13.0. The van der Waals surface area contributed by atoms with Gasteiger partial charge in [0, 0.05) is 8.95 Å². The molecule has 2 aromatic carbocycles. The molecule has 1 amide bonds. The summed E-state index contributed by atoms with van der Waals surface area (Å²) < 4.78 is 26.0. The molecule has 0 radical (unpaired) electrons. The molecule has 3 aromatic rings. The number of halogens is 4. The summed E-state index contributed by atoms with van der Waals surface area (Å²) in [5.74, 6) is -0.163. The highest BCUT2D eigenvalue weighted by Gasteiger charge is 2.16. The predicted molar refractivity (Wildman–Crippen MR) is 104 cm³/mol. The van der Waals surface area contributed by atoms with Gasteiger partial charge in [0.15, 0.2) is 5.76 Å². The minimum absolute atomic E-state index is 0.0310.